The van der Waals surface area contributed by atoms with E-state index in [-0.39, 0.29) is 40.0 Å². The summed E-state index contributed by atoms with van der Waals surface area (Å²) in [5, 5.41) is 20.3. The van der Waals surface area contributed by atoms with E-state index in [0.29, 0.717) is 42.3 Å². The minimum atomic E-state index is -0.804. The molecule has 0 unspecified atom stereocenters. The van der Waals surface area contributed by atoms with Crippen molar-refractivity contribution in [3.05, 3.63) is 34.4 Å². The zero-order valence-electron chi connectivity index (χ0n) is 30.4. The number of carbonyl (C=O) groups is 3. The van der Waals surface area contributed by atoms with E-state index in [2.05, 4.69) is 32.9 Å². The highest BCUT2D eigenvalue weighted by Crippen LogP contribution is 2.82. The number of nitrogens with zero attached hydrogens (tertiary/aromatic N) is 1. The van der Waals surface area contributed by atoms with Gasteiger partial charge in [0.25, 0.3) is 0 Å². The second kappa shape index (κ2) is 10.3. The first-order valence-electron chi connectivity index (χ1n) is 20.4. The van der Waals surface area contributed by atoms with Gasteiger partial charge in [-0.1, -0.05) is 31.9 Å². The number of ether oxygens (including phenoxy) is 1. The van der Waals surface area contributed by atoms with E-state index in [0.717, 1.165) is 93.8 Å². The Balaban J connectivity index is 0.000000129. The molecule has 0 bridgehead atoms. The second-order valence-electron chi connectivity index (χ2n) is 19.7. The summed E-state index contributed by atoms with van der Waals surface area (Å²) in [5.41, 5.74) is 5.27. The quantitative estimate of drug-likeness (QED) is 0.281. The van der Waals surface area contributed by atoms with E-state index in [9.17, 15) is 19.5 Å². The number of nitriles is 1. The van der Waals surface area contributed by atoms with Crippen LogP contribution >= 0.6 is 0 Å². The molecule has 50 heavy (non-hydrogen) atoms. The molecule has 11 aliphatic rings. The number of allylic oxidation sites excluding steroid dienone is 5. The first kappa shape index (κ1) is 32.2. The van der Waals surface area contributed by atoms with Gasteiger partial charge in [0.2, 0.25) is 0 Å². The normalized spacial score (nSPS) is 53.0. The molecule has 0 amide bonds. The molecule has 0 aromatic heterocycles. The molecule has 0 aromatic rings. The van der Waals surface area contributed by atoms with Gasteiger partial charge in [0.15, 0.2) is 11.6 Å². The summed E-state index contributed by atoms with van der Waals surface area (Å²) in [6, 6.07) is 2.22. The van der Waals surface area contributed by atoms with Crippen LogP contribution in [0.4, 0.5) is 0 Å². The van der Waals surface area contributed by atoms with Crippen LogP contribution in [0.15, 0.2) is 34.4 Å². The molecule has 0 aromatic carbocycles. The van der Waals surface area contributed by atoms with Crippen molar-refractivity contribution >= 4 is 17.5 Å². The van der Waals surface area contributed by atoms with Crippen LogP contribution in [0.3, 0.4) is 0 Å². The molecule has 8 fully saturated rings. The average molecular weight is 678 g/mol. The highest BCUT2D eigenvalue weighted by Gasteiger charge is 2.81. The van der Waals surface area contributed by atoms with Crippen LogP contribution in [0, 0.1) is 80.8 Å². The summed E-state index contributed by atoms with van der Waals surface area (Å²) in [5.74, 6) is 6.99. The standard InChI is InChI=1S/C24H30O3.C20H25NO2/c1-22-6-3-12(25)9-17(22)13-10-14(13)20-16(22)4-7-23(2)21(20)15-11-18(15)24(23)8-5-19(26)27-24;1-19-8-6-16-15-5-3-14(22)12-13(15)2-4-17(16)18(19)7-9-20(19,23)10-11-21/h9,13-16,18,20-21H,3-8,10-11H2,1-2H3;12,17-18,23H,2-10H2,1H3/t13-,14+,15-,16+,18+,20-,21+,22-,23+,24+;17-,18+,19+,20-/m11/s1. The molecule has 10 aliphatic carbocycles. The first-order chi connectivity index (χ1) is 23.9. The maximum Gasteiger partial charge on any atom is 0.306 e. The molecule has 266 valence electrons. The van der Waals surface area contributed by atoms with Crippen molar-refractivity contribution in [3.8, 4) is 6.07 Å². The van der Waals surface area contributed by atoms with Gasteiger partial charge in [0, 0.05) is 36.0 Å². The van der Waals surface area contributed by atoms with Gasteiger partial charge >= 0.3 is 5.97 Å². The monoisotopic (exact) mass is 677 g/mol. The average Bonchev–Trinajstić information content (AvgIpc) is 3.98. The van der Waals surface area contributed by atoms with Crippen molar-refractivity contribution in [2.45, 2.75) is 141 Å². The molecule has 14 atom stereocenters. The summed E-state index contributed by atoms with van der Waals surface area (Å²) < 4.78 is 6.22. The SMILES string of the molecule is C[C@]12CCC(=O)C=C1[C@@H]1C[C@@H]1[C@H]1[C@@H]3[C@@H]4C[C@@H]4[C@@]4(CCC(=O)O4)[C@@]3(C)CC[C@@H]12.C[C@]12CCC3=C4CCC(=O)C=C4CC[C@H]3[C@@H]1CC[C@@]2(O)CC#N. The van der Waals surface area contributed by atoms with E-state index in [4.69, 9.17) is 10.00 Å². The van der Waals surface area contributed by atoms with Crippen molar-refractivity contribution in [1.29, 1.82) is 5.26 Å². The number of hydrogen-bond donors (Lipinski definition) is 1. The molecule has 1 aliphatic heterocycles. The number of aliphatic hydroxyl groups is 1. The Kier molecular flexibility index (Phi) is 6.64. The van der Waals surface area contributed by atoms with E-state index in [1.807, 2.05) is 6.08 Å². The predicted molar refractivity (Wildman–Crippen MR) is 187 cm³/mol. The molecular formula is C44H55NO5. The fourth-order valence-corrected chi connectivity index (χ4v) is 15.8. The smallest absolute Gasteiger partial charge is 0.306 e. The maximum atomic E-state index is 12.2. The van der Waals surface area contributed by atoms with E-state index >= 15 is 0 Å². The molecule has 1 saturated heterocycles. The molecule has 7 saturated carbocycles. The third-order valence-electron chi connectivity index (χ3n) is 18.3. The van der Waals surface area contributed by atoms with E-state index in [1.54, 1.807) is 5.57 Å². The van der Waals surface area contributed by atoms with Crippen LogP contribution in [0.25, 0.3) is 0 Å². The summed E-state index contributed by atoms with van der Waals surface area (Å²) >= 11 is 0. The van der Waals surface area contributed by atoms with Gasteiger partial charge in [-0.15, -0.1) is 0 Å². The van der Waals surface area contributed by atoms with E-state index in [1.165, 1.54) is 42.4 Å². The van der Waals surface area contributed by atoms with Crippen molar-refractivity contribution in [2.75, 3.05) is 0 Å². The van der Waals surface area contributed by atoms with Gasteiger partial charge in [-0.3, -0.25) is 14.4 Å². The predicted octanol–water partition coefficient (Wildman–Crippen LogP) is 8.14. The number of carbonyl (C=O) groups excluding carboxylic acids is 3. The summed E-state index contributed by atoms with van der Waals surface area (Å²) in [7, 11) is 0. The summed E-state index contributed by atoms with van der Waals surface area (Å²) in [6.45, 7) is 7.21. The zero-order chi connectivity index (χ0) is 34.6. The minimum Gasteiger partial charge on any atom is -0.458 e. The lowest BCUT2D eigenvalue weighted by Crippen LogP contribution is -2.57. The highest BCUT2D eigenvalue weighted by molar-refractivity contribution is 5.93. The highest BCUT2D eigenvalue weighted by atomic mass is 16.6. The Morgan fingerprint density at radius 1 is 0.780 bits per heavy atom. The van der Waals surface area contributed by atoms with Gasteiger partial charge in [-0.2, -0.15) is 5.26 Å². The van der Waals surface area contributed by atoms with Crippen LogP contribution < -0.4 is 0 Å². The van der Waals surface area contributed by atoms with Gasteiger partial charge in [-0.05, 0) is 160 Å². The maximum absolute atomic E-state index is 12.2. The lowest BCUT2D eigenvalue weighted by atomic mass is 9.45. The summed E-state index contributed by atoms with van der Waals surface area (Å²) in [4.78, 5) is 36.0. The molecule has 0 radical (unpaired) electrons. The number of rotatable bonds is 1. The lowest BCUT2D eigenvalue weighted by Gasteiger charge is -2.60. The number of fused-ring (bicyclic) bond motifs is 16. The Labute approximate surface area is 297 Å². The third kappa shape index (κ3) is 3.97. The van der Waals surface area contributed by atoms with E-state index < -0.39 is 5.60 Å². The summed E-state index contributed by atoms with van der Waals surface area (Å²) in [6.07, 6.45) is 20.2. The van der Waals surface area contributed by atoms with Gasteiger partial charge < -0.3 is 9.84 Å². The lowest BCUT2D eigenvalue weighted by molar-refractivity contribution is -0.177. The van der Waals surface area contributed by atoms with Gasteiger partial charge in [0.05, 0.1) is 18.1 Å². The number of esters is 1. The Morgan fingerprint density at radius 2 is 1.58 bits per heavy atom. The molecule has 6 nitrogen and oxygen atoms in total. The van der Waals surface area contributed by atoms with Crippen LogP contribution in [-0.2, 0) is 19.1 Å². The molecule has 11 rings (SSSR count). The second-order valence-corrected chi connectivity index (χ2v) is 19.7. The molecule has 6 heteroatoms. The largest absolute Gasteiger partial charge is 0.458 e. The molecule has 1 spiro atoms. The molecular weight excluding hydrogens is 622 g/mol. The van der Waals surface area contributed by atoms with Crippen LogP contribution in [-0.4, -0.2) is 33.8 Å². The minimum absolute atomic E-state index is 0.0561. The van der Waals surface area contributed by atoms with Crippen molar-refractivity contribution < 1.29 is 24.2 Å². The molecule has 1 heterocycles. The number of ketones is 2. The molecule has 1 N–H and O–H groups in total. The zero-order valence-corrected chi connectivity index (χ0v) is 30.4. The third-order valence-corrected chi connectivity index (χ3v) is 18.3. The van der Waals surface area contributed by atoms with Gasteiger partial charge in [-0.25, -0.2) is 0 Å². The Bertz CT molecular complexity index is 1750. The topological polar surface area (TPSA) is 104 Å². The Hall–Kier alpha value is -2.52. The van der Waals surface area contributed by atoms with Crippen LogP contribution in [0.1, 0.15) is 130 Å². The number of hydrogen-bond acceptors (Lipinski definition) is 6. The Morgan fingerprint density at radius 3 is 2.36 bits per heavy atom. The van der Waals surface area contributed by atoms with Crippen molar-refractivity contribution in [3.63, 3.8) is 0 Å². The van der Waals surface area contributed by atoms with Crippen molar-refractivity contribution in [1.82, 2.24) is 0 Å². The van der Waals surface area contributed by atoms with Crippen LogP contribution in [0.2, 0.25) is 0 Å². The van der Waals surface area contributed by atoms with Gasteiger partial charge in [0.1, 0.15) is 5.60 Å². The first-order valence-corrected chi connectivity index (χ1v) is 20.4. The van der Waals surface area contributed by atoms with Crippen LogP contribution in [0.5, 0.6) is 0 Å². The van der Waals surface area contributed by atoms with Crippen molar-refractivity contribution in [2.24, 2.45) is 69.5 Å². The fourth-order valence-electron chi connectivity index (χ4n) is 15.8. The fraction of sp³-hybridized carbons (Fsp3) is 0.773.